The molecule has 1 atom stereocenters. The highest BCUT2D eigenvalue weighted by molar-refractivity contribution is 14.1. The first-order valence-corrected chi connectivity index (χ1v) is 6.82. The average molecular weight is 355 g/mol. The predicted octanol–water partition coefficient (Wildman–Crippen LogP) is 3.17. The summed E-state index contributed by atoms with van der Waals surface area (Å²) in [6, 6.07) is 14.4. The predicted molar refractivity (Wildman–Crippen MR) is 80.8 cm³/mol. The van der Waals surface area contributed by atoms with Crippen molar-refractivity contribution >= 4 is 39.6 Å². The number of halogens is 1. The van der Waals surface area contributed by atoms with E-state index in [1.54, 1.807) is 0 Å². The Morgan fingerprint density at radius 3 is 2.61 bits per heavy atom. The van der Waals surface area contributed by atoms with Gasteiger partial charge in [0, 0.05) is 28.9 Å². The fourth-order valence-corrected chi connectivity index (χ4v) is 2.45. The summed E-state index contributed by atoms with van der Waals surface area (Å²) < 4.78 is 3.02. The summed E-state index contributed by atoms with van der Waals surface area (Å²) in [5.41, 5.74) is 1.16. The third-order valence-corrected chi connectivity index (χ3v) is 3.75. The molecule has 3 nitrogen and oxygen atoms in total. The topological polar surface area (TPSA) is 49.3 Å². The maximum Gasteiger partial charge on any atom is 0.304 e. The van der Waals surface area contributed by atoms with Crippen LogP contribution in [0.1, 0.15) is 12.0 Å². The smallest absolute Gasteiger partial charge is 0.304 e. The van der Waals surface area contributed by atoms with Gasteiger partial charge in [-0.3, -0.25) is 8.32 Å². The highest BCUT2D eigenvalue weighted by atomic mass is 127. The highest BCUT2D eigenvalue weighted by Gasteiger charge is 2.12. The summed E-state index contributed by atoms with van der Waals surface area (Å²) in [6.45, 7) is 0. The lowest BCUT2D eigenvalue weighted by Gasteiger charge is -2.13. The zero-order valence-electron chi connectivity index (χ0n) is 9.77. The van der Waals surface area contributed by atoms with Crippen LogP contribution in [0.5, 0.6) is 0 Å². The zero-order valence-corrected chi connectivity index (χ0v) is 11.9. The molecule has 2 rings (SSSR count). The number of fused-ring (bicyclic) bond motifs is 1. The monoisotopic (exact) mass is 355 g/mol. The van der Waals surface area contributed by atoms with Gasteiger partial charge in [-0.2, -0.15) is 0 Å². The summed E-state index contributed by atoms with van der Waals surface area (Å²) in [5, 5.41) is 11.2. The number of hydrogen-bond donors (Lipinski definition) is 2. The van der Waals surface area contributed by atoms with E-state index in [1.165, 1.54) is 10.8 Å². The second-order valence-electron chi connectivity index (χ2n) is 4.29. The van der Waals surface area contributed by atoms with E-state index < -0.39 is 5.97 Å². The molecule has 0 saturated heterocycles. The number of carboxylic acids is 1. The molecule has 0 saturated carbocycles. The van der Waals surface area contributed by atoms with Gasteiger partial charge in [-0.05, 0) is 22.8 Å². The van der Waals surface area contributed by atoms with Gasteiger partial charge in [0.05, 0.1) is 6.42 Å². The summed E-state index contributed by atoms with van der Waals surface area (Å²) in [4.78, 5) is 10.7. The van der Waals surface area contributed by atoms with Gasteiger partial charge in [0.2, 0.25) is 0 Å². The quantitative estimate of drug-likeness (QED) is 0.640. The Morgan fingerprint density at radius 2 is 1.94 bits per heavy atom. The third kappa shape index (κ3) is 3.43. The van der Waals surface area contributed by atoms with Crippen LogP contribution in [-0.4, -0.2) is 17.1 Å². The van der Waals surface area contributed by atoms with Gasteiger partial charge in [0.1, 0.15) is 0 Å². The third-order valence-electron chi connectivity index (χ3n) is 2.87. The number of carbonyl (C=O) groups is 1. The van der Waals surface area contributed by atoms with E-state index in [2.05, 4.69) is 33.9 Å². The molecule has 94 valence electrons. The van der Waals surface area contributed by atoms with Crippen molar-refractivity contribution < 1.29 is 9.90 Å². The van der Waals surface area contributed by atoms with Crippen LogP contribution >= 0.6 is 22.9 Å². The van der Waals surface area contributed by atoms with E-state index in [4.69, 9.17) is 5.11 Å². The Labute approximate surface area is 120 Å². The maximum atomic E-state index is 10.7. The van der Waals surface area contributed by atoms with Crippen LogP contribution in [0.4, 0.5) is 0 Å². The molecule has 0 aromatic heterocycles. The SMILES string of the molecule is O=C(O)CC(Cc1ccc2ccccc2c1)NI. The van der Waals surface area contributed by atoms with Crippen molar-refractivity contribution in [3.63, 3.8) is 0 Å². The van der Waals surface area contributed by atoms with Crippen molar-refractivity contribution in [2.24, 2.45) is 0 Å². The number of benzene rings is 2. The Hall–Kier alpha value is -1.14. The van der Waals surface area contributed by atoms with E-state index in [0.717, 1.165) is 12.0 Å². The average Bonchev–Trinajstić information content (AvgIpc) is 2.37. The lowest BCUT2D eigenvalue weighted by molar-refractivity contribution is -0.137. The minimum Gasteiger partial charge on any atom is -0.481 e. The summed E-state index contributed by atoms with van der Waals surface area (Å²) >= 11 is 2.01. The van der Waals surface area contributed by atoms with E-state index in [1.807, 2.05) is 35.0 Å². The fraction of sp³-hybridized carbons (Fsp3) is 0.214. The lowest BCUT2D eigenvalue weighted by Crippen LogP contribution is -2.26. The highest BCUT2D eigenvalue weighted by Crippen LogP contribution is 2.17. The first-order chi connectivity index (χ1) is 8.69. The Bertz CT molecular complexity index is 556. The van der Waals surface area contributed by atoms with E-state index >= 15 is 0 Å². The molecular formula is C14H14INO2. The molecule has 0 amide bonds. The fourth-order valence-electron chi connectivity index (χ4n) is 2.01. The lowest BCUT2D eigenvalue weighted by atomic mass is 10.0. The molecule has 0 spiro atoms. The first-order valence-electron chi connectivity index (χ1n) is 5.74. The molecule has 2 aromatic rings. The van der Waals surface area contributed by atoms with Crippen LogP contribution < -0.4 is 3.53 Å². The van der Waals surface area contributed by atoms with E-state index in [9.17, 15) is 4.79 Å². The summed E-state index contributed by atoms with van der Waals surface area (Å²) in [7, 11) is 0. The van der Waals surface area contributed by atoms with Gasteiger partial charge >= 0.3 is 5.97 Å². The molecule has 0 heterocycles. The van der Waals surface area contributed by atoms with Crippen LogP contribution in [-0.2, 0) is 11.2 Å². The summed E-state index contributed by atoms with van der Waals surface area (Å²) in [6.07, 6.45) is 0.857. The van der Waals surface area contributed by atoms with Gasteiger partial charge in [-0.25, -0.2) is 0 Å². The van der Waals surface area contributed by atoms with Crippen molar-refractivity contribution in [1.82, 2.24) is 3.53 Å². The molecule has 0 bridgehead atoms. The number of nitrogens with one attached hydrogen (secondary N) is 1. The molecule has 18 heavy (non-hydrogen) atoms. The van der Waals surface area contributed by atoms with E-state index in [0.29, 0.717) is 0 Å². The van der Waals surface area contributed by atoms with Gasteiger partial charge in [-0.1, -0.05) is 42.5 Å². The van der Waals surface area contributed by atoms with Crippen molar-refractivity contribution in [2.45, 2.75) is 18.9 Å². The number of aliphatic carboxylic acids is 1. The standard InChI is InChI=1S/C14H14INO2/c15-16-13(9-14(17)18)8-10-5-6-11-3-1-2-4-12(11)7-10/h1-7,13,16H,8-9H2,(H,17,18). The Balaban J connectivity index is 2.17. The van der Waals surface area contributed by atoms with Crippen molar-refractivity contribution in [3.05, 3.63) is 48.0 Å². The molecule has 4 heteroatoms. The molecule has 1 unspecified atom stereocenters. The molecule has 0 aliphatic heterocycles. The molecule has 0 aliphatic carbocycles. The second-order valence-corrected chi connectivity index (χ2v) is 4.91. The minimum atomic E-state index is -0.773. The first kappa shape index (κ1) is 13.3. The minimum absolute atomic E-state index is 0.0377. The largest absolute Gasteiger partial charge is 0.481 e. The second kappa shape index (κ2) is 6.15. The van der Waals surface area contributed by atoms with Crippen molar-refractivity contribution in [2.75, 3.05) is 0 Å². The van der Waals surface area contributed by atoms with Gasteiger partial charge < -0.3 is 5.11 Å². The molecular weight excluding hydrogens is 341 g/mol. The van der Waals surface area contributed by atoms with Crippen LogP contribution in [0.15, 0.2) is 42.5 Å². The number of rotatable bonds is 5. The molecule has 0 fully saturated rings. The Kier molecular flexibility index (Phi) is 4.54. The van der Waals surface area contributed by atoms with Gasteiger partial charge in [0.25, 0.3) is 0 Å². The molecule has 2 aromatic carbocycles. The normalized spacial score (nSPS) is 12.5. The van der Waals surface area contributed by atoms with Gasteiger partial charge in [-0.15, -0.1) is 0 Å². The zero-order chi connectivity index (χ0) is 13.0. The van der Waals surface area contributed by atoms with Crippen molar-refractivity contribution in [3.8, 4) is 0 Å². The number of hydrogen-bond acceptors (Lipinski definition) is 2. The molecule has 2 N–H and O–H groups in total. The van der Waals surface area contributed by atoms with Crippen molar-refractivity contribution in [1.29, 1.82) is 0 Å². The molecule has 0 radical (unpaired) electrons. The van der Waals surface area contributed by atoms with Crippen LogP contribution in [0.3, 0.4) is 0 Å². The van der Waals surface area contributed by atoms with Crippen LogP contribution in [0, 0.1) is 0 Å². The Morgan fingerprint density at radius 1 is 1.22 bits per heavy atom. The molecule has 0 aliphatic rings. The van der Waals surface area contributed by atoms with Gasteiger partial charge in [0.15, 0.2) is 0 Å². The summed E-state index contributed by atoms with van der Waals surface area (Å²) in [5.74, 6) is -0.773. The maximum absolute atomic E-state index is 10.7. The van der Waals surface area contributed by atoms with E-state index in [-0.39, 0.29) is 12.5 Å². The van der Waals surface area contributed by atoms with Crippen LogP contribution in [0.2, 0.25) is 0 Å². The van der Waals surface area contributed by atoms with Crippen LogP contribution in [0.25, 0.3) is 10.8 Å². The number of carboxylic acid groups (broad SMARTS) is 1.